The topological polar surface area (TPSA) is 95.0 Å². The number of likely N-dealkylation sites (tertiary alicyclic amines) is 1. The van der Waals surface area contributed by atoms with Gasteiger partial charge in [-0.2, -0.15) is 0 Å². The summed E-state index contributed by atoms with van der Waals surface area (Å²) >= 11 is 20.9. The molecule has 214 valence electrons. The normalized spacial score (nSPS) is 32.3. The number of carbonyl (C=O) groups excluding carboxylic acids is 4. The maximum absolute atomic E-state index is 14.2. The first kappa shape index (κ1) is 27.4. The summed E-state index contributed by atoms with van der Waals surface area (Å²) in [6.07, 6.45) is 1.95. The van der Waals surface area contributed by atoms with Gasteiger partial charge >= 0.3 is 0 Å². The zero-order chi connectivity index (χ0) is 29.9. The molecule has 2 heterocycles. The summed E-state index contributed by atoms with van der Waals surface area (Å²) in [5.41, 5.74) is 2.16. The van der Waals surface area contributed by atoms with E-state index in [1.54, 1.807) is 24.3 Å². The van der Waals surface area contributed by atoms with Crippen LogP contribution in [0, 0.1) is 24.7 Å². The fraction of sp³-hybridized carbons (Fsp3) is 0.312. The molecule has 10 heteroatoms. The standard InChI is InChI=1S/C32H25Cl3N2O5/c1-15-7-9-17(13-22(15)33)37-27(39)20-11-10-19-21(24(20)28(37)40)14-31(34)29(41)36(2)30(42)32(31,35)26(19)25-18-6-4-3-5-16(18)8-12-23(25)38/h3-10,12-13,20-21,24,26,38H,11,14H2,1-2H3/t20-,21+,24-,26+,31+,32-/m0/s1. The van der Waals surface area contributed by atoms with Gasteiger partial charge in [0.2, 0.25) is 11.8 Å². The van der Waals surface area contributed by atoms with Crippen LogP contribution in [0.1, 0.15) is 29.9 Å². The van der Waals surface area contributed by atoms with E-state index in [2.05, 4.69) is 0 Å². The van der Waals surface area contributed by atoms with E-state index < -0.39 is 51.1 Å². The lowest BCUT2D eigenvalue weighted by molar-refractivity contribution is -0.138. The van der Waals surface area contributed by atoms with E-state index in [0.717, 1.165) is 15.8 Å². The van der Waals surface area contributed by atoms with Crippen molar-refractivity contribution >= 4 is 74.9 Å². The summed E-state index contributed by atoms with van der Waals surface area (Å²) in [5, 5.41) is 13.2. The second-order valence-electron chi connectivity index (χ2n) is 11.7. The first-order chi connectivity index (χ1) is 19.9. The van der Waals surface area contributed by atoms with Crippen molar-refractivity contribution in [1.29, 1.82) is 0 Å². The Kier molecular flexibility index (Phi) is 5.92. The van der Waals surface area contributed by atoms with Gasteiger partial charge in [-0.05, 0) is 60.2 Å². The van der Waals surface area contributed by atoms with Gasteiger partial charge in [-0.3, -0.25) is 24.1 Å². The number of hydrogen-bond donors (Lipinski definition) is 1. The van der Waals surface area contributed by atoms with Crippen LogP contribution in [-0.4, -0.2) is 50.4 Å². The number of rotatable bonds is 2. The van der Waals surface area contributed by atoms with Crippen LogP contribution in [0.25, 0.3) is 10.8 Å². The maximum atomic E-state index is 14.2. The van der Waals surface area contributed by atoms with E-state index in [0.29, 0.717) is 27.2 Å². The number of halogens is 3. The van der Waals surface area contributed by atoms with Crippen molar-refractivity contribution in [2.24, 2.45) is 17.8 Å². The summed E-state index contributed by atoms with van der Waals surface area (Å²) in [7, 11) is 1.34. The number of nitrogens with zero attached hydrogens (tertiary/aromatic N) is 2. The molecule has 0 aromatic heterocycles. The van der Waals surface area contributed by atoms with Crippen LogP contribution >= 0.6 is 34.8 Å². The largest absolute Gasteiger partial charge is 0.508 e. The number of phenolic OH excluding ortho intramolecular Hbond substituents is 1. The number of carbonyl (C=O) groups is 4. The summed E-state index contributed by atoms with van der Waals surface area (Å²) in [4.78, 5) is 53.7. The molecule has 2 aliphatic heterocycles. The highest BCUT2D eigenvalue weighted by Gasteiger charge is 2.76. The number of aromatic hydroxyl groups is 1. The Morgan fingerprint density at radius 1 is 0.929 bits per heavy atom. The second kappa shape index (κ2) is 9.06. The molecule has 7 rings (SSSR count). The number of phenols is 1. The summed E-state index contributed by atoms with van der Waals surface area (Å²) in [6.45, 7) is 1.83. The maximum Gasteiger partial charge on any atom is 0.253 e. The molecule has 3 fully saturated rings. The van der Waals surface area contributed by atoms with Crippen molar-refractivity contribution in [3.8, 4) is 5.75 Å². The summed E-state index contributed by atoms with van der Waals surface area (Å²) < 4.78 is 0. The van der Waals surface area contributed by atoms with Gasteiger partial charge in [0.1, 0.15) is 5.75 Å². The number of amides is 4. The van der Waals surface area contributed by atoms with Crippen LogP contribution < -0.4 is 4.90 Å². The number of imide groups is 2. The van der Waals surface area contributed by atoms with Crippen molar-refractivity contribution in [3.63, 3.8) is 0 Å². The predicted octanol–water partition coefficient (Wildman–Crippen LogP) is 5.70. The van der Waals surface area contributed by atoms with Gasteiger partial charge in [-0.25, -0.2) is 4.90 Å². The van der Waals surface area contributed by atoms with E-state index >= 15 is 0 Å². The van der Waals surface area contributed by atoms with Crippen molar-refractivity contribution < 1.29 is 24.3 Å². The number of allylic oxidation sites excluding steroid dienone is 2. The minimum Gasteiger partial charge on any atom is -0.508 e. The molecule has 0 bridgehead atoms. The molecule has 7 nitrogen and oxygen atoms in total. The summed E-state index contributed by atoms with van der Waals surface area (Å²) in [5.74, 6) is -5.51. The molecule has 0 unspecified atom stereocenters. The SMILES string of the molecule is Cc1ccc(N2C(=O)[C@H]3[C@H](CC=C4[C@H]3C[C@@]3(Cl)C(=O)N(C)C(=O)[C@@]3(Cl)[C@H]4c3c(O)ccc4ccccc34)C2=O)cc1Cl. The van der Waals surface area contributed by atoms with Gasteiger partial charge in [0.15, 0.2) is 9.75 Å². The zero-order valence-corrected chi connectivity index (χ0v) is 24.9. The number of benzene rings is 3. The van der Waals surface area contributed by atoms with Crippen molar-refractivity contribution in [3.05, 3.63) is 82.4 Å². The highest BCUT2D eigenvalue weighted by Crippen LogP contribution is 2.66. The number of aryl methyl sites for hydroxylation is 1. The Morgan fingerprint density at radius 3 is 2.40 bits per heavy atom. The minimum atomic E-state index is -1.98. The molecule has 4 amide bonds. The molecular formula is C32H25Cl3N2O5. The van der Waals surface area contributed by atoms with Gasteiger partial charge in [-0.15, -0.1) is 23.2 Å². The second-order valence-corrected chi connectivity index (χ2v) is 13.3. The van der Waals surface area contributed by atoms with Gasteiger partial charge in [0.05, 0.1) is 17.5 Å². The van der Waals surface area contributed by atoms with Gasteiger partial charge in [0, 0.05) is 23.6 Å². The molecule has 6 atom stereocenters. The minimum absolute atomic E-state index is 0.110. The fourth-order valence-electron chi connectivity index (χ4n) is 7.62. The molecule has 3 aromatic rings. The predicted molar refractivity (Wildman–Crippen MR) is 160 cm³/mol. The quantitative estimate of drug-likeness (QED) is 0.225. The highest BCUT2D eigenvalue weighted by molar-refractivity contribution is 6.53. The first-order valence-electron chi connectivity index (χ1n) is 13.7. The van der Waals surface area contributed by atoms with Crippen molar-refractivity contribution in [2.75, 3.05) is 11.9 Å². The third-order valence-electron chi connectivity index (χ3n) is 9.66. The van der Waals surface area contributed by atoms with Crippen LogP contribution in [0.15, 0.2) is 66.2 Å². The number of fused-ring (bicyclic) bond motifs is 5. The third kappa shape index (κ3) is 3.30. The van der Waals surface area contributed by atoms with E-state index in [4.69, 9.17) is 34.8 Å². The Labute approximate surface area is 256 Å². The molecule has 1 N–H and O–H groups in total. The van der Waals surface area contributed by atoms with Gasteiger partial charge in [-0.1, -0.05) is 59.6 Å². The Bertz CT molecular complexity index is 1810. The lowest BCUT2D eigenvalue weighted by Crippen LogP contribution is -2.60. The molecule has 2 aliphatic carbocycles. The average Bonchev–Trinajstić information content (AvgIpc) is 3.30. The molecular weight excluding hydrogens is 599 g/mol. The smallest absolute Gasteiger partial charge is 0.253 e. The lowest BCUT2D eigenvalue weighted by Gasteiger charge is -2.51. The molecule has 0 radical (unpaired) electrons. The van der Waals surface area contributed by atoms with E-state index in [-0.39, 0.29) is 24.5 Å². The average molecular weight is 624 g/mol. The molecule has 1 saturated carbocycles. The van der Waals surface area contributed by atoms with E-state index in [1.807, 2.05) is 37.3 Å². The van der Waals surface area contributed by atoms with Crippen molar-refractivity contribution in [1.82, 2.24) is 4.90 Å². The highest BCUT2D eigenvalue weighted by atomic mass is 35.5. The number of anilines is 1. The molecule has 0 spiro atoms. The fourth-order valence-corrected chi connectivity index (χ4v) is 8.80. The molecule has 2 saturated heterocycles. The third-order valence-corrected chi connectivity index (χ3v) is 11.5. The monoisotopic (exact) mass is 622 g/mol. The molecule has 3 aromatic carbocycles. The van der Waals surface area contributed by atoms with Gasteiger partial charge in [0.25, 0.3) is 11.8 Å². The van der Waals surface area contributed by atoms with Crippen LogP contribution in [0.5, 0.6) is 5.75 Å². The zero-order valence-electron chi connectivity index (χ0n) is 22.6. The first-order valence-corrected chi connectivity index (χ1v) is 14.8. The van der Waals surface area contributed by atoms with Crippen LogP contribution in [0.3, 0.4) is 0 Å². The van der Waals surface area contributed by atoms with Gasteiger partial charge < -0.3 is 5.11 Å². The Balaban J connectivity index is 1.44. The summed E-state index contributed by atoms with van der Waals surface area (Å²) in [6, 6.07) is 15.7. The van der Waals surface area contributed by atoms with Crippen LogP contribution in [0.4, 0.5) is 5.69 Å². The number of hydrogen-bond acceptors (Lipinski definition) is 5. The number of alkyl halides is 2. The Morgan fingerprint density at radius 2 is 1.67 bits per heavy atom. The van der Waals surface area contributed by atoms with Crippen LogP contribution in [0.2, 0.25) is 5.02 Å². The molecule has 4 aliphatic rings. The lowest BCUT2D eigenvalue weighted by atomic mass is 9.56. The molecule has 42 heavy (non-hydrogen) atoms. The van der Waals surface area contributed by atoms with Crippen LogP contribution in [-0.2, 0) is 19.2 Å². The van der Waals surface area contributed by atoms with E-state index in [9.17, 15) is 24.3 Å². The van der Waals surface area contributed by atoms with Crippen molar-refractivity contribution in [2.45, 2.75) is 35.4 Å². The Hall–Kier alpha value is -3.39. The van der Waals surface area contributed by atoms with E-state index in [1.165, 1.54) is 18.0 Å².